The molecule has 2 heterocycles. The average Bonchev–Trinajstić information content (AvgIpc) is 3.26. The van der Waals surface area contributed by atoms with Crippen molar-refractivity contribution in [3.05, 3.63) is 46.7 Å². The highest BCUT2D eigenvalue weighted by atomic mass is 32.1. The number of thiophene rings is 1. The lowest BCUT2D eigenvalue weighted by Gasteiger charge is -2.08. The van der Waals surface area contributed by atoms with E-state index in [4.69, 9.17) is 4.42 Å². The van der Waals surface area contributed by atoms with Gasteiger partial charge in [0.1, 0.15) is 5.82 Å². The number of carbonyl (C=O) groups excluding carboxylic acids is 2. The number of nitrogens with zero attached hydrogens (tertiary/aromatic N) is 2. The Kier molecular flexibility index (Phi) is 5.37. The Bertz CT molecular complexity index is 924. The van der Waals surface area contributed by atoms with Gasteiger partial charge in [-0.1, -0.05) is 0 Å². The van der Waals surface area contributed by atoms with Gasteiger partial charge in [-0.25, -0.2) is 4.39 Å². The molecule has 0 saturated heterocycles. The predicted molar refractivity (Wildman–Crippen MR) is 95.3 cm³/mol. The first-order valence-electron chi connectivity index (χ1n) is 7.73. The first-order chi connectivity index (χ1) is 12.5. The van der Waals surface area contributed by atoms with Crippen LogP contribution in [0.3, 0.4) is 0 Å². The van der Waals surface area contributed by atoms with Crippen molar-refractivity contribution < 1.29 is 18.4 Å². The number of hydrogen-bond donors (Lipinski definition) is 2. The van der Waals surface area contributed by atoms with E-state index in [1.165, 1.54) is 36.5 Å². The van der Waals surface area contributed by atoms with E-state index in [9.17, 15) is 14.0 Å². The van der Waals surface area contributed by atoms with Gasteiger partial charge in [-0.2, -0.15) is 11.3 Å². The second-order valence-corrected chi connectivity index (χ2v) is 6.22. The number of hydrogen-bond acceptors (Lipinski definition) is 6. The monoisotopic (exact) mass is 374 g/mol. The molecule has 9 heteroatoms. The minimum atomic E-state index is -0.579. The Morgan fingerprint density at radius 3 is 2.81 bits per heavy atom. The number of anilines is 2. The van der Waals surface area contributed by atoms with Gasteiger partial charge in [0.25, 0.3) is 0 Å². The van der Waals surface area contributed by atoms with Crippen molar-refractivity contribution in [2.24, 2.45) is 0 Å². The van der Waals surface area contributed by atoms with Crippen LogP contribution in [-0.2, 0) is 16.0 Å². The number of carbonyl (C=O) groups is 2. The maximum absolute atomic E-state index is 13.6. The molecule has 26 heavy (non-hydrogen) atoms. The van der Waals surface area contributed by atoms with Crippen LogP contribution in [0.1, 0.15) is 19.2 Å². The van der Waals surface area contributed by atoms with Crippen LogP contribution in [0.4, 0.5) is 15.8 Å². The van der Waals surface area contributed by atoms with Crippen LogP contribution in [-0.4, -0.2) is 22.0 Å². The molecular weight excluding hydrogens is 359 g/mol. The van der Waals surface area contributed by atoms with Gasteiger partial charge in [0.15, 0.2) is 0 Å². The van der Waals surface area contributed by atoms with Crippen LogP contribution in [0.25, 0.3) is 11.5 Å². The third kappa shape index (κ3) is 4.51. The van der Waals surface area contributed by atoms with Crippen molar-refractivity contribution >= 4 is 34.5 Å². The Balaban J connectivity index is 1.57. The van der Waals surface area contributed by atoms with Crippen LogP contribution < -0.4 is 10.6 Å². The number of nitrogens with one attached hydrogen (secondary N) is 2. The molecule has 3 aromatic rings. The average molecular weight is 374 g/mol. The number of halogens is 1. The lowest BCUT2D eigenvalue weighted by Crippen LogP contribution is -2.13. The molecule has 0 aliphatic heterocycles. The Morgan fingerprint density at radius 1 is 1.23 bits per heavy atom. The van der Waals surface area contributed by atoms with Gasteiger partial charge in [0, 0.05) is 36.4 Å². The van der Waals surface area contributed by atoms with Gasteiger partial charge in [-0.3, -0.25) is 9.59 Å². The smallest absolute Gasteiger partial charge is 0.248 e. The van der Waals surface area contributed by atoms with E-state index in [-0.39, 0.29) is 24.4 Å². The summed E-state index contributed by atoms with van der Waals surface area (Å²) in [5.41, 5.74) is 1.23. The fourth-order valence-electron chi connectivity index (χ4n) is 2.19. The van der Waals surface area contributed by atoms with Crippen LogP contribution in [0.15, 0.2) is 39.4 Å². The van der Waals surface area contributed by atoms with Gasteiger partial charge in [-0.05, 0) is 29.6 Å². The quantitative estimate of drug-likeness (QED) is 0.689. The molecule has 0 spiro atoms. The molecule has 7 nitrogen and oxygen atoms in total. The van der Waals surface area contributed by atoms with Gasteiger partial charge in [0.05, 0.1) is 5.69 Å². The molecule has 0 saturated carbocycles. The first kappa shape index (κ1) is 17.7. The van der Waals surface area contributed by atoms with E-state index < -0.39 is 11.7 Å². The van der Waals surface area contributed by atoms with Gasteiger partial charge in [-0.15, -0.1) is 10.2 Å². The zero-order valence-electron chi connectivity index (χ0n) is 13.8. The number of aromatic nitrogens is 2. The van der Waals surface area contributed by atoms with E-state index >= 15 is 0 Å². The Labute approximate surface area is 152 Å². The number of benzene rings is 1. The molecule has 0 aliphatic rings. The van der Waals surface area contributed by atoms with Crippen molar-refractivity contribution in [3.8, 4) is 11.5 Å². The molecule has 1 aromatic carbocycles. The second kappa shape index (κ2) is 7.87. The van der Waals surface area contributed by atoms with Crippen LogP contribution in [0, 0.1) is 5.82 Å². The highest BCUT2D eigenvalue weighted by Gasteiger charge is 2.12. The second-order valence-electron chi connectivity index (χ2n) is 5.44. The predicted octanol–water partition coefficient (Wildman–Crippen LogP) is 3.47. The van der Waals surface area contributed by atoms with E-state index in [2.05, 4.69) is 20.8 Å². The number of amides is 2. The molecule has 3 rings (SSSR count). The van der Waals surface area contributed by atoms with E-state index in [1.807, 2.05) is 16.8 Å². The molecule has 0 radical (unpaired) electrons. The van der Waals surface area contributed by atoms with E-state index in [1.54, 1.807) is 0 Å². The Hall–Kier alpha value is -3.07. The van der Waals surface area contributed by atoms with Crippen LogP contribution in [0.5, 0.6) is 0 Å². The summed E-state index contributed by atoms with van der Waals surface area (Å²) in [6, 6.07) is 5.82. The molecule has 2 amide bonds. The molecule has 2 aromatic heterocycles. The van der Waals surface area contributed by atoms with E-state index in [0.717, 1.165) is 5.56 Å². The molecular formula is C17H15FN4O3S. The summed E-state index contributed by atoms with van der Waals surface area (Å²) in [5, 5.41) is 16.7. The minimum absolute atomic E-state index is 0.00704. The maximum atomic E-state index is 13.6. The summed E-state index contributed by atoms with van der Waals surface area (Å²) < 4.78 is 19.1. The van der Waals surface area contributed by atoms with Gasteiger partial charge < -0.3 is 15.1 Å². The largest absolute Gasteiger partial charge is 0.421 e. The zero-order chi connectivity index (χ0) is 18.5. The Morgan fingerprint density at radius 2 is 2.08 bits per heavy atom. The lowest BCUT2D eigenvalue weighted by molar-refractivity contribution is -0.116. The zero-order valence-corrected chi connectivity index (χ0v) is 14.6. The van der Waals surface area contributed by atoms with Crippen molar-refractivity contribution in [1.82, 2.24) is 10.2 Å². The summed E-state index contributed by atoms with van der Waals surface area (Å²) >= 11 is 1.52. The molecule has 0 fully saturated rings. The summed E-state index contributed by atoms with van der Waals surface area (Å²) in [5.74, 6) is -0.490. The molecule has 0 bridgehead atoms. The third-order valence-electron chi connectivity index (χ3n) is 3.36. The van der Waals surface area contributed by atoms with Crippen molar-refractivity contribution in [3.63, 3.8) is 0 Å². The summed E-state index contributed by atoms with van der Waals surface area (Å²) in [6.07, 6.45) is 0.404. The maximum Gasteiger partial charge on any atom is 0.248 e. The summed E-state index contributed by atoms with van der Waals surface area (Å²) in [7, 11) is 0. The fraction of sp³-hybridized carbons (Fsp3) is 0.176. The number of aryl methyl sites for hydroxylation is 1. The highest BCUT2D eigenvalue weighted by Crippen LogP contribution is 2.22. The molecule has 134 valence electrons. The highest BCUT2D eigenvalue weighted by molar-refractivity contribution is 7.08. The minimum Gasteiger partial charge on any atom is -0.421 e. The normalized spacial score (nSPS) is 10.5. The SMILES string of the molecule is CC(=O)Nc1cc(NC(=O)CCc2nnc(-c3ccsc3)o2)ccc1F. The summed E-state index contributed by atoms with van der Waals surface area (Å²) in [4.78, 5) is 23.1. The van der Waals surface area contributed by atoms with Crippen LogP contribution in [0.2, 0.25) is 0 Å². The van der Waals surface area contributed by atoms with Crippen molar-refractivity contribution in [2.75, 3.05) is 10.6 Å². The van der Waals surface area contributed by atoms with Crippen LogP contribution >= 0.6 is 11.3 Å². The first-order valence-corrected chi connectivity index (χ1v) is 8.67. The molecule has 0 aliphatic carbocycles. The molecule has 0 unspecified atom stereocenters. The third-order valence-corrected chi connectivity index (χ3v) is 4.04. The van der Waals surface area contributed by atoms with Gasteiger partial charge in [0.2, 0.25) is 23.6 Å². The summed E-state index contributed by atoms with van der Waals surface area (Å²) in [6.45, 7) is 1.28. The lowest BCUT2D eigenvalue weighted by atomic mass is 10.2. The number of rotatable bonds is 6. The van der Waals surface area contributed by atoms with Crippen molar-refractivity contribution in [1.29, 1.82) is 0 Å². The topological polar surface area (TPSA) is 97.1 Å². The van der Waals surface area contributed by atoms with Crippen molar-refractivity contribution in [2.45, 2.75) is 19.8 Å². The molecule has 0 atom stereocenters. The van der Waals surface area contributed by atoms with Gasteiger partial charge >= 0.3 is 0 Å². The fourth-order valence-corrected chi connectivity index (χ4v) is 2.82. The molecule has 2 N–H and O–H groups in total. The standard InChI is InChI=1S/C17H15FN4O3S/c1-10(23)19-14-8-12(2-3-13(14)18)20-15(24)4-5-16-21-22-17(25-16)11-6-7-26-9-11/h2-3,6-9H,4-5H2,1H3,(H,19,23)(H,20,24). The van der Waals surface area contributed by atoms with E-state index in [0.29, 0.717) is 17.5 Å².